The van der Waals surface area contributed by atoms with E-state index in [9.17, 15) is 14.9 Å². The highest BCUT2D eigenvalue weighted by Gasteiger charge is 2.08. The maximum absolute atomic E-state index is 11.4. The molecule has 0 bridgehead atoms. The summed E-state index contributed by atoms with van der Waals surface area (Å²) in [6.07, 6.45) is 3.71. The van der Waals surface area contributed by atoms with Crippen molar-refractivity contribution in [3.63, 3.8) is 0 Å². The third-order valence-corrected chi connectivity index (χ3v) is 2.95. The second-order valence-electron chi connectivity index (χ2n) is 3.23. The van der Waals surface area contributed by atoms with Crippen LogP contribution in [0.5, 0.6) is 0 Å². The number of nitro groups is 1. The molecule has 0 atom stereocenters. The first kappa shape index (κ1) is 13.4. The minimum Gasteiger partial charge on any atom is -0.462 e. The van der Waals surface area contributed by atoms with Gasteiger partial charge in [-0.3, -0.25) is 10.1 Å². The van der Waals surface area contributed by atoms with E-state index in [1.54, 1.807) is 18.4 Å². The van der Waals surface area contributed by atoms with Crippen LogP contribution in [0.25, 0.3) is 0 Å². The van der Waals surface area contributed by atoms with Gasteiger partial charge in [0.15, 0.2) is 0 Å². The van der Waals surface area contributed by atoms with E-state index in [0.29, 0.717) is 25.0 Å². The fourth-order valence-electron chi connectivity index (χ4n) is 1.22. The van der Waals surface area contributed by atoms with Gasteiger partial charge in [0.1, 0.15) is 0 Å². The second-order valence-corrected chi connectivity index (χ2v) is 4.23. The first-order valence-electron chi connectivity index (χ1n) is 5.18. The van der Waals surface area contributed by atoms with Gasteiger partial charge in [0.2, 0.25) is 6.20 Å². The molecule has 1 heterocycles. The SMILES string of the molecule is CCOC(=O)c1csc(CCC=C[N+](=O)[O-])c1. The van der Waals surface area contributed by atoms with Gasteiger partial charge in [-0.2, -0.15) is 0 Å². The highest BCUT2D eigenvalue weighted by atomic mass is 32.1. The van der Waals surface area contributed by atoms with Crippen molar-refractivity contribution in [2.75, 3.05) is 6.61 Å². The normalized spacial score (nSPS) is 10.6. The lowest BCUT2D eigenvalue weighted by Gasteiger charge is -1.96. The number of rotatable bonds is 6. The van der Waals surface area contributed by atoms with Crippen molar-refractivity contribution < 1.29 is 14.5 Å². The lowest BCUT2D eigenvalue weighted by atomic mass is 10.2. The Kier molecular flexibility index (Phi) is 5.35. The molecule has 0 saturated carbocycles. The van der Waals surface area contributed by atoms with Crippen molar-refractivity contribution in [1.29, 1.82) is 0 Å². The molecule has 0 fully saturated rings. The third-order valence-electron chi connectivity index (χ3n) is 1.95. The third kappa shape index (κ3) is 4.78. The molecule has 5 nitrogen and oxygen atoms in total. The van der Waals surface area contributed by atoms with Crippen molar-refractivity contribution in [3.8, 4) is 0 Å². The maximum Gasteiger partial charge on any atom is 0.338 e. The van der Waals surface area contributed by atoms with E-state index >= 15 is 0 Å². The molecule has 0 aliphatic carbocycles. The van der Waals surface area contributed by atoms with Gasteiger partial charge in [-0.05, 0) is 31.9 Å². The summed E-state index contributed by atoms with van der Waals surface area (Å²) in [6, 6.07) is 1.77. The number of esters is 1. The van der Waals surface area contributed by atoms with Gasteiger partial charge in [0.25, 0.3) is 0 Å². The van der Waals surface area contributed by atoms with E-state index in [1.807, 2.05) is 0 Å². The molecule has 0 aliphatic rings. The summed E-state index contributed by atoms with van der Waals surface area (Å²) >= 11 is 1.46. The number of nitrogens with zero attached hydrogens (tertiary/aromatic N) is 1. The molecular formula is C11H13NO4S. The van der Waals surface area contributed by atoms with E-state index in [-0.39, 0.29) is 5.97 Å². The number of allylic oxidation sites excluding steroid dienone is 1. The molecule has 0 unspecified atom stereocenters. The van der Waals surface area contributed by atoms with Crippen LogP contribution < -0.4 is 0 Å². The van der Waals surface area contributed by atoms with E-state index in [0.717, 1.165) is 11.1 Å². The average molecular weight is 255 g/mol. The molecule has 6 heteroatoms. The molecule has 92 valence electrons. The lowest BCUT2D eigenvalue weighted by molar-refractivity contribution is -0.402. The molecule has 17 heavy (non-hydrogen) atoms. The zero-order valence-corrected chi connectivity index (χ0v) is 10.2. The van der Waals surface area contributed by atoms with Crippen molar-refractivity contribution >= 4 is 17.3 Å². The quantitative estimate of drug-likeness (QED) is 0.445. The fourth-order valence-corrected chi connectivity index (χ4v) is 2.09. The van der Waals surface area contributed by atoms with Crippen LogP contribution in [0.4, 0.5) is 0 Å². The van der Waals surface area contributed by atoms with E-state index < -0.39 is 4.92 Å². The first-order valence-corrected chi connectivity index (χ1v) is 6.06. The number of carbonyl (C=O) groups excluding carboxylic acids is 1. The van der Waals surface area contributed by atoms with Gasteiger partial charge in [-0.25, -0.2) is 4.79 Å². The molecular weight excluding hydrogens is 242 g/mol. The van der Waals surface area contributed by atoms with Crippen LogP contribution in [0.15, 0.2) is 23.7 Å². The summed E-state index contributed by atoms with van der Waals surface area (Å²) in [6.45, 7) is 2.11. The summed E-state index contributed by atoms with van der Waals surface area (Å²) < 4.78 is 4.86. The maximum atomic E-state index is 11.4. The Morgan fingerprint density at radius 3 is 3.06 bits per heavy atom. The molecule has 0 saturated heterocycles. The van der Waals surface area contributed by atoms with Gasteiger partial charge in [0, 0.05) is 10.3 Å². The highest BCUT2D eigenvalue weighted by molar-refractivity contribution is 7.10. The van der Waals surface area contributed by atoms with Crippen LogP contribution in [-0.2, 0) is 11.2 Å². The predicted molar refractivity (Wildman–Crippen MR) is 64.7 cm³/mol. The molecule has 0 aromatic carbocycles. The van der Waals surface area contributed by atoms with Gasteiger partial charge in [0.05, 0.1) is 17.1 Å². The van der Waals surface area contributed by atoms with E-state index in [2.05, 4.69) is 0 Å². The van der Waals surface area contributed by atoms with Crippen molar-refractivity contribution in [1.82, 2.24) is 0 Å². The number of hydrogen-bond acceptors (Lipinski definition) is 5. The number of carbonyl (C=O) groups is 1. The smallest absolute Gasteiger partial charge is 0.338 e. The van der Waals surface area contributed by atoms with E-state index in [4.69, 9.17) is 4.74 Å². The van der Waals surface area contributed by atoms with Gasteiger partial charge >= 0.3 is 5.97 Å². The Morgan fingerprint density at radius 2 is 2.41 bits per heavy atom. The van der Waals surface area contributed by atoms with Gasteiger partial charge < -0.3 is 4.74 Å². The summed E-state index contributed by atoms with van der Waals surface area (Å²) in [5.74, 6) is -0.323. The topological polar surface area (TPSA) is 69.4 Å². The van der Waals surface area contributed by atoms with E-state index in [1.165, 1.54) is 17.4 Å². The van der Waals surface area contributed by atoms with Crippen molar-refractivity contribution in [3.05, 3.63) is 44.3 Å². The van der Waals surface area contributed by atoms with Crippen LogP contribution >= 0.6 is 11.3 Å². The summed E-state index contributed by atoms with van der Waals surface area (Å²) in [5.41, 5.74) is 0.546. The minimum atomic E-state index is -0.488. The molecule has 0 aliphatic heterocycles. The number of thiophene rings is 1. The highest BCUT2D eigenvalue weighted by Crippen LogP contribution is 2.17. The zero-order valence-electron chi connectivity index (χ0n) is 9.42. The zero-order chi connectivity index (χ0) is 12.7. The van der Waals surface area contributed by atoms with Crippen LogP contribution in [0.3, 0.4) is 0 Å². The lowest BCUT2D eigenvalue weighted by Crippen LogP contribution is -2.02. The minimum absolute atomic E-state index is 0.323. The second kappa shape index (κ2) is 6.80. The molecule has 0 radical (unpaired) electrons. The number of ether oxygens (including phenoxy) is 1. The average Bonchev–Trinajstić information content (AvgIpc) is 2.73. The first-order chi connectivity index (χ1) is 8.13. The monoisotopic (exact) mass is 255 g/mol. The molecule has 1 rings (SSSR count). The Bertz CT molecular complexity index is 425. The number of aryl methyl sites for hydroxylation is 1. The van der Waals surface area contributed by atoms with Crippen LogP contribution in [0, 0.1) is 10.1 Å². The largest absolute Gasteiger partial charge is 0.462 e. The van der Waals surface area contributed by atoms with Gasteiger partial charge in [-0.15, -0.1) is 11.3 Å². The van der Waals surface area contributed by atoms with Crippen LogP contribution in [0.1, 0.15) is 28.6 Å². The molecule has 1 aromatic rings. The Balaban J connectivity index is 2.46. The van der Waals surface area contributed by atoms with Gasteiger partial charge in [-0.1, -0.05) is 0 Å². The van der Waals surface area contributed by atoms with Crippen LogP contribution in [0.2, 0.25) is 0 Å². The molecule has 0 amide bonds. The fraction of sp³-hybridized carbons (Fsp3) is 0.364. The number of hydrogen-bond donors (Lipinski definition) is 0. The van der Waals surface area contributed by atoms with Crippen molar-refractivity contribution in [2.45, 2.75) is 19.8 Å². The summed E-state index contributed by atoms with van der Waals surface area (Å²) in [7, 11) is 0. The van der Waals surface area contributed by atoms with Crippen molar-refractivity contribution in [2.24, 2.45) is 0 Å². The summed E-state index contributed by atoms with van der Waals surface area (Å²) in [4.78, 5) is 21.9. The molecule has 0 N–H and O–H groups in total. The standard InChI is InChI=1S/C11H13NO4S/c1-2-16-11(13)9-7-10(17-8-9)5-3-4-6-12(14)15/h4,6-8H,2-3,5H2,1H3. The summed E-state index contributed by atoms with van der Waals surface area (Å²) in [5, 5.41) is 11.8. The Morgan fingerprint density at radius 1 is 1.65 bits per heavy atom. The molecule has 1 aromatic heterocycles. The Labute approximate surface area is 103 Å². The molecule has 0 spiro atoms. The van der Waals surface area contributed by atoms with Crippen LogP contribution in [-0.4, -0.2) is 17.5 Å². The Hall–Kier alpha value is -1.69. The predicted octanol–water partition coefficient (Wildman–Crippen LogP) is 2.65.